The zero-order valence-corrected chi connectivity index (χ0v) is 10.7. The Morgan fingerprint density at radius 1 is 1.53 bits per heavy atom. The van der Waals surface area contributed by atoms with E-state index in [-0.39, 0.29) is 10.6 Å². The molecule has 8 heteroatoms. The second-order valence-corrected chi connectivity index (χ2v) is 6.62. The number of rotatable bonds is 6. The van der Waals surface area contributed by atoms with Gasteiger partial charge in [0.2, 0.25) is 0 Å². The quantitative estimate of drug-likeness (QED) is 0.688. The van der Waals surface area contributed by atoms with Crippen LogP contribution in [0.25, 0.3) is 0 Å². The Morgan fingerprint density at radius 2 is 2.18 bits per heavy atom. The molecule has 1 aromatic heterocycles. The molecule has 0 radical (unpaired) electrons. The van der Waals surface area contributed by atoms with Crippen molar-refractivity contribution in [1.82, 2.24) is 4.72 Å². The van der Waals surface area contributed by atoms with Gasteiger partial charge >= 0.3 is 5.97 Å². The first-order valence-corrected chi connectivity index (χ1v) is 7.09. The predicted octanol–water partition coefficient (Wildman–Crippen LogP) is 0.170. The number of thiophene rings is 1. The van der Waals surface area contributed by atoms with Crippen molar-refractivity contribution >= 4 is 27.3 Å². The van der Waals surface area contributed by atoms with Crippen LogP contribution >= 0.6 is 11.3 Å². The Hall–Kier alpha value is -0.960. The molecular formula is C9H13NO5S2. The van der Waals surface area contributed by atoms with Gasteiger partial charge in [0.15, 0.2) is 0 Å². The number of carbonyl (C=O) groups is 1. The fourth-order valence-electron chi connectivity index (χ4n) is 1.16. The second kappa shape index (κ2) is 5.58. The molecule has 0 saturated heterocycles. The van der Waals surface area contributed by atoms with Crippen LogP contribution in [-0.2, 0) is 14.8 Å². The van der Waals surface area contributed by atoms with Crippen LogP contribution in [0.5, 0.6) is 0 Å². The fourth-order valence-corrected chi connectivity index (χ4v) is 3.69. The molecule has 1 atom stereocenters. The van der Waals surface area contributed by atoms with Crippen LogP contribution < -0.4 is 4.72 Å². The van der Waals surface area contributed by atoms with Crippen LogP contribution in [0, 0.1) is 6.92 Å². The van der Waals surface area contributed by atoms with Gasteiger partial charge in [-0.25, -0.2) is 8.42 Å². The molecule has 1 heterocycles. The minimum absolute atomic E-state index is 0.0687. The van der Waals surface area contributed by atoms with E-state index >= 15 is 0 Å². The number of hydrogen-bond acceptors (Lipinski definition) is 5. The smallest absolute Gasteiger partial charge is 0.321 e. The molecule has 0 aromatic carbocycles. The average molecular weight is 279 g/mol. The maximum absolute atomic E-state index is 11.8. The lowest BCUT2D eigenvalue weighted by atomic mass is 10.2. The van der Waals surface area contributed by atoms with E-state index in [1.54, 1.807) is 13.0 Å². The summed E-state index contributed by atoms with van der Waals surface area (Å²) in [6, 6.07) is 1.74. The summed E-state index contributed by atoms with van der Waals surface area (Å²) in [4.78, 5) is 11.6. The molecule has 1 aromatic rings. The van der Waals surface area contributed by atoms with E-state index in [1.165, 1.54) is 6.07 Å². The molecule has 0 aliphatic carbocycles. The molecule has 3 N–H and O–H groups in total. The van der Waals surface area contributed by atoms with Gasteiger partial charge in [0, 0.05) is 11.5 Å². The Bertz CT molecular complexity index is 493. The third-order valence-corrected chi connectivity index (χ3v) is 4.96. The number of carboxylic acids is 1. The zero-order chi connectivity index (χ0) is 13.1. The molecule has 0 unspecified atom stereocenters. The van der Waals surface area contributed by atoms with Crippen molar-refractivity contribution < 1.29 is 23.4 Å². The van der Waals surface area contributed by atoms with Gasteiger partial charge in [0.05, 0.1) is 0 Å². The number of nitrogens with one attached hydrogen (secondary N) is 1. The average Bonchev–Trinajstić information content (AvgIpc) is 2.64. The molecule has 1 rings (SSSR count). The summed E-state index contributed by atoms with van der Waals surface area (Å²) in [5.74, 6) is -1.31. The Morgan fingerprint density at radius 3 is 2.59 bits per heavy atom. The highest BCUT2D eigenvalue weighted by Crippen LogP contribution is 2.20. The molecule has 0 saturated carbocycles. The minimum atomic E-state index is -3.83. The molecule has 17 heavy (non-hydrogen) atoms. The third kappa shape index (κ3) is 3.77. The maximum atomic E-state index is 11.8. The fraction of sp³-hybridized carbons (Fsp3) is 0.444. The van der Waals surface area contributed by atoms with Gasteiger partial charge in [-0.05, 0) is 25.5 Å². The van der Waals surface area contributed by atoms with Crippen LogP contribution in [0.1, 0.15) is 11.3 Å². The van der Waals surface area contributed by atoms with Crippen LogP contribution in [0.15, 0.2) is 16.3 Å². The first kappa shape index (κ1) is 14.1. The van der Waals surface area contributed by atoms with Crippen molar-refractivity contribution in [2.75, 3.05) is 6.61 Å². The largest absolute Gasteiger partial charge is 0.480 e. The highest BCUT2D eigenvalue weighted by Gasteiger charge is 2.25. The van der Waals surface area contributed by atoms with E-state index in [2.05, 4.69) is 0 Å². The van der Waals surface area contributed by atoms with Gasteiger partial charge in [0.25, 0.3) is 10.0 Å². The topological polar surface area (TPSA) is 104 Å². The Kier molecular flexibility index (Phi) is 4.63. The molecule has 0 spiro atoms. The normalized spacial score (nSPS) is 13.5. The number of hydrogen-bond donors (Lipinski definition) is 3. The zero-order valence-electron chi connectivity index (χ0n) is 9.08. The van der Waals surface area contributed by atoms with Crippen LogP contribution in [0.2, 0.25) is 0 Å². The van der Waals surface area contributed by atoms with Gasteiger partial charge in [-0.2, -0.15) is 4.72 Å². The Labute approximate surface area is 103 Å². The molecule has 0 amide bonds. The summed E-state index contributed by atoms with van der Waals surface area (Å²) in [5.41, 5.74) is 0. The lowest BCUT2D eigenvalue weighted by Crippen LogP contribution is -2.41. The van der Waals surface area contributed by atoms with Gasteiger partial charge in [-0.3, -0.25) is 4.79 Å². The van der Waals surface area contributed by atoms with Crippen molar-refractivity contribution in [2.24, 2.45) is 0 Å². The maximum Gasteiger partial charge on any atom is 0.321 e. The highest BCUT2D eigenvalue weighted by molar-refractivity contribution is 7.91. The minimum Gasteiger partial charge on any atom is -0.480 e. The Balaban J connectivity index is 2.88. The van der Waals surface area contributed by atoms with Crippen molar-refractivity contribution in [3.63, 3.8) is 0 Å². The van der Waals surface area contributed by atoms with Crippen LogP contribution in [-0.4, -0.2) is 37.2 Å². The van der Waals surface area contributed by atoms with Crippen molar-refractivity contribution in [1.29, 1.82) is 0 Å². The second-order valence-electron chi connectivity index (χ2n) is 3.39. The van der Waals surface area contributed by atoms with Gasteiger partial charge < -0.3 is 10.2 Å². The number of carboxylic acid groups (broad SMARTS) is 1. The van der Waals surface area contributed by atoms with Crippen LogP contribution in [0.3, 0.4) is 0 Å². The summed E-state index contributed by atoms with van der Waals surface area (Å²) in [7, 11) is -3.83. The van der Waals surface area contributed by atoms with Gasteiger partial charge in [0.1, 0.15) is 10.3 Å². The van der Waals surface area contributed by atoms with Crippen molar-refractivity contribution in [3.8, 4) is 0 Å². The number of aliphatic carboxylic acids is 1. The number of aryl methyl sites for hydroxylation is 1. The molecule has 96 valence electrons. The number of aliphatic hydroxyl groups excluding tert-OH is 1. The molecule has 0 aliphatic heterocycles. The predicted molar refractivity (Wildman–Crippen MR) is 62.5 cm³/mol. The number of aliphatic hydroxyl groups is 1. The lowest BCUT2D eigenvalue weighted by Gasteiger charge is -2.12. The van der Waals surface area contributed by atoms with E-state index in [1.807, 2.05) is 4.72 Å². The molecule has 0 bridgehead atoms. The monoisotopic (exact) mass is 279 g/mol. The summed E-state index contributed by atoms with van der Waals surface area (Å²) < 4.78 is 25.7. The standard InChI is InChI=1S/C9H13NO5S2/c1-6-2-3-8(16-6)17(14,15)10-7(4-5-11)9(12)13/h2-3,7,10-11H,4-5H2,1H3,(H,12,13)/t7-/m0/s1. The van der Waals surface area contributed by atoms with Crippen molar-refractivity contribution in [3.05, 3.63) is 17.0 Å². The van der Waals surface area contributed by atoms with Gasteiger partial charge in [-0.15, -0.1) is 11.3 Å². The number of sulfonamides is 1. The molecule has 0 aliphatic rings. The van der Waals surface area contributed by atoms with E-state index in [4.69, 9.17) is 10.2 Å². The van der Waals surface area contributed by atoms with E-state index in [9.17, 15) is 13.2 Å². The summed E-state index contributed by atoms with van der Waals surface area (Å²) in [6.07, 6.45) is -0.168. The van der Waals surface area contributed by atoms with Gasteiger partial charge in [-0.1, -0.05) is 0 Å². The SMILES string of the molecule is Cc1ccc(S(=O)(=O)N[C@@H](CCO)C(=O)O)s1. The highest BCUT2D eigenvalue weighted by atomic mass is 32.2. The van der Waals surface area contributed by atoms with E-state index < -0.39 is 28.6 Å². The lowest BCUT2D eigenvalue weighted by molar-refractivity contribution is -0.139. The van der Waals surface area contributed by atoms with E-state index in [0.717, 1.165) is 16.2 Å². The molecular weight excluding hydrogens is 266 g/mol. The first-order valence-electron chi connectivity index (χ1n) is 4.79. The molecule has 0 fully saturated rings. The third-order valence-electron chi connectivity index (χ3n) is 1.99. The summed E-state index contributed by atoms with van der Waals surface area (Å²) >= 11 is 1.06. The van der Waals surface area contributed by atoms with Crippen LogP contribution in [0.4, 0.5) is 0 Å². The summed E-state index contributed by atoms with van der Waals surface area (Å²) in [5, 5.41) is 17.4. The van der Waals surface area contributed by atoms with E-state index in [0.29, 0.717) is 0 Å². The molecule has 6 nitrogen and oxygen atoms in total. The first-order chi connectivity index (χ1) is 7.86. The summed E-state index contributed by atoms with van der Waals surface area (Å²) in [6.45, 7) is 1.36. The van der Waals surface area contributed by atoms with Crippen molar-refractivity contribution in [2.45, 2.75) is 23.6 Å².